The van der Waals surface area contributed by atoms with Crippen LogP contribution >= 0.6 is 11.6 Å². The Bertz CT molecular complexity index is 918. The third kappa shape index (κ3) is 2.44. The monoisotopic (exact) mass is 385 g/mol. The topological polar surface area (TPSA) is 43.9 Å². The van der Waals surface area contributed by atoms with E-state index in [0.717, 1.165) is 25.1 Å². The van der Waals surface area contributed by atoms with Gasteiger partial charge in [0, 0.05) is 18.1 Å². The summed E-state index contributed by atoms with van der Waals surface area (Å²) in [6, 6.07) is 12.2. The van der Waals surface area contributed by atoms with Crippen molar-refractivity contribution in [3.05, 3.63) is 64.9 Å². The van der Waals surface area contributed by atoms with Gasteiger partial charge in [0.15, 0.2) is 0 Å². The fourth-order valence-corrected chi connectivity index (χ4v) is 4.74. The number of hydrazine groups is 1. The molecule has 0 radical (unpaired) electrons. The van der Waals surface area contributed by atoms with E-state index in [1.54, 1.807) is 36.4 Å². The Hall–Kier alpha value is -2.28. The smallest absolute Gasteiger partial charge is 0.253 e. The Morgan fingerprint density at radius 3 is 2.15 bits per heavy atom. The van der Waals surface area contributed by atoms with Crippen LogP contribution in [0.2, 0.25) is 5.02 Å². The second kappa shape index (κ2) is 6.12. The predicted octanol–water partition coefficient (Wildman–Crippen LogP) is 3.01. The molecule has 5 nitrogen and oxygen atoms in total. The van der Waals surface area contributed by atoms with E-state index >= 15 is 0 Å². The van der Waals surface area contributed by atoms with Crippen molar-refractivity contribution in [2.24, 2.45) is 5.92 Å². The van der Waals surface area contributed by atoms with Gasteiger partial charge in [0.2, 0.25) is 5.91 Å². The van der Waals surface area contributed by atoms with Crippen LogP contribution in [0.15, 0.2) is 48.5 Å². The zero-order valence-electron chi connectivity index (χ0n) is 14.4. The Kier molecular flexibility index (Phi) is 3.82. The summed E-state index contributed by atoms with van der Waals surface area (Å²) >= 11 is 5.94. The van der Waals surface area contributed by atoms with Gasteiger partial charge < -0.3 is 0 Å². The highest BCUT2D eigenvalue weighted by Crippen LogP contribution is 2.48. The van der Waals surface area contributed by atoms with Crippen molar-refractivity contribution in [3.8, 4) is 0 Å². The van der Waals surface area contributed by atoms with Gasteiger partial charge in [0.1, 0.15) is 11.9 Å². The van der Waals surface area contributed by atoms with Crippen LogP contribution in [0.1, 0.15) is 18.0 Å². The first kappa shape index (κ1) is 16.9. The molecule has 0 aliphatic carbocycles. The van der Waals surface area contributed by atoms with Crippen molar-refractivity contribution >= 4 is 29.1 Å². The van der Waals surface area contributed by atoms with Crippen LogP contribution in [0.25, 0.3) is 0 Å². The van der Waals surface area contributed by atoms with E-state index in [4.69, 9.17) is 11.6 Å². The Labute approximate surface area is 160 Å². The van der Waals surface area contributed by atoms with Crippen LogP contribution in [-0.2, 0) is 9.59 Å². The largest absolute Gasteiger partial charge is 0.274 e. The fraction of sp³-hybridized carbons (Fsp3) is 0.300. The third-order valence-electron chi connectivity index (χ3n) is 5.70. The summed E-state index contributed by atoms with van der Waals surface area (Å²) < 4.78 is 13.4. The van der Waals surface area contributed by atoms with Crippen LogP contribution < -0.4 is 4.90 Å². The molecule has 2 aromatic rings. The van der Waals surface area contributed by atoms with Crippen molar-refractivity contribution in [2.75, 3.05) is 18.0 Å². The number of rotatable bonds is 2. The molecule has 0 aromatic heterocycles. The van der Waals surface area contributed by atoms with Gasteiger partial charge in [0.25, 0.3) is 5.91 Å². The Morgan fingerprint density at radius 1 is 0.852 bits per heavy atom. The number of anilines is 1. The lowest BCUT2D eigenvalue weighted by molar-refractivity contribution is -0.126. The number of carbonyl (C=O) groups excluding carboxylic acids is 2. The molecule has 5 rings (SSSR count). The second-order valence-corrected chi connectivity index (χ2v) is 7.57. The van der Waals surface area contributed by atoms with Crippen molar-refractivity contribution in [1.29, 1.82) is 0 Å². The maximum Gasteiger partial charge on any atom is 0.253 e. The molecule has 0 saturated carbocycles. The first-order valence-corrected chi connectivity index (χ1v) is 9.36. The lowest BCUT2D eigenvalue weighted by Crippen LogP contribution is -2.44. The Balaban J connectivity index is 1.57. The summed E-state index contributed by atoms with van der Waals surface area (Å²) in [5.41, 5.74) is 1.39. The number of carbonyl (C=O) groups is 2. The first-order valence-electron chi connectivity index (χ1n) is 8.98. The van der Waals surface area contributed by atoms with Gasteiger partial charge in [-0.1, -0.05) is 23.7 Å². The number of amides is 2. The molecule has 3 fully saturated rings. The molecular formula is C20H17ClFN3O2. The van der Waals surface area contributed by atoms with Crippen LogP contribution in [0.4, 0.5) is 10.1 Å². The summed E-state index contributed by atoms with van der Waals surface area (Å²) in [4.78, 5) is 27.8. The van der Waals surface area contributed by atoms with Crippen LogP contribution in [-0.4, -0.2) is 41.0 Å². The molecule has 0 spiro atoms. The summed E-state index contributed by atoms with van der Waals surface area (Å²) in [6.07, 6.45) is 0.934. The first-order chi connectivity index (χ1) is 13.1. The second-order valence-electron chi connectivity index (χ2n) is 7.14. The maximum atomic E-state index is 13.4. The molecule has 7 heteroatoms. The SMILES string of the molecule is O=C1C2C(C(=O)N1c1ccc(Cl)cc1)N1CCCN1C2c1ccc(F)cc1. The van der Waals surface area contributed by atoms with Gasteiger partial charge in [-0.2, -0.15) is 0 Å². The molecule has 3 aliphatic rings. The van der Waals surface area contributed by atoms with Gasteiger partial charge in [-0.3, -0.25) is 9.59 Å². The van der Waals surface area contributed by atoms with E-state index in [-0.39, 0.29) is 23.7 Å². The van der Waals surface area contributed by atoms with Crippen LogP contribution in [0.5, 0.6) is 0 Å². The number of imide groups is 1. The van der Waals surface area contributed by atoms with Crippen molar-refractivity contribution in [3.63, 3.8) is 0 Å². The normalized spacial score (nSPS) is 28.1. The minimum atomic E-state index is -0.509. The van der Waals surface area contributed by atoms with Gasteiger partial charge in [-0.25, -0.2) is 19.3 Å². The third-order valence-corrected chi connectivity index (χ3v) is 5.95. The number of benzene rings is 2. The van der Waals surface area contributed by atoms with E-state index in [9.17, 15) is 14.0 Å². The van der Waals surface area contributed by atoms with Gasteiger partial charge in [-0.15, -0.1) is 0 Å². The van der Waals surface area contributed by atoms with E-state index in [0.29, 0.717) is 10.7 Å². The number of nitrogens with zero attached hydrogens (tertiary/aromatic N) is 3. The summed E-state index contributed by atoms with van der Waals surface area (Å²) in [7, 11) is 0. The molecule has 3 unspecified atom stereocenters. The zero-order chi connectivity index (χ0) is 18.7. The number of halogens is 2. The number of fused-ring (bicyclic) bond motifs is 3. The molecule has 2 aromatic carbocycles. The molecule has 138 valence electrons. The van der Waals surface area contributed by atoms with Gasteiger partial charge in [-0.05, 0) is 48.4 Å². The Morgan fingerprint density at radius 2 is 1.48 bits per heavy atom. The predicted molar refractivity (Wildman–Crippen MR) is 98.4 cm³/mol. The molecule has 3 heterocycles. The minimum absolute atomic E-state index is 0.205. The van der Waals surface area contributed by atoms with Gasteiger partial charge in [0.05, 0.1) is 17.6 Å². The molecule has 0 bridgehead atoms. The van der Waals surface area contributed by atoms with E-state index < -0.39 is 12.0 Å². The molecule has 3 aliphatic heterocycles. The molecule has 3 saturated heterocycles. The van der Waals surface area contributed by atoms with Crippen LogP contribution in [0, 0.1) is 11.7 Å². The van der Waals surface area contributed by atoms with E-state index in [1.165, 1.54) is 17.0 Å². The van der Waals surface area contributed by atoms with Crippen molar-refractivity contribution in [1.82, 2.24) is 10.0 Å². The highest BCUT2D eigenvalue weighted by atomic mass is 35.5. The summed E-state index contributed by atoms with van der Waals surface area (Å²) in [5, 5.41) is 4.68. The van der Waals surface area contributed by atoms with E-state index in [1.807, 2.05) is 5.01 Å². The highest BCUT2D eigenvalue weighted by molar-refractivity contribution is 6.31. The lowest BCUT2D eigenvalue weighted by atomic mass is 9.90. The quantitative estimate of drug-likeness (QED) is 0.745. The minimum Gasteiger partial charge on any atom is -0.274 e. The highest BCUT2D eigenvalue weighted by Gasteiger charge is 2.62. The van der Waals surface area contributed by atoms with Crippen LogP contribution in [0.3, 0.4) is 0 Å². The molecule has 27 heavy (non-hydrogen) atoms. The average Bonchev–Trinajstić information content (AvgIpc) is 3.30. The van der Waals surface area contributed by atoms with Crippen molar-refractivity contribution in [2.45, 2.75) is 18.5 Å². The molecule has 2 amide bonds. The molecular weight excluding hydrogens is 369 g/mol. The molecule has 3 atom stereocenters. The standard InChI is InChI=1S/C20H17ClFN3O2/c21-13-4-8-15(9-5-13)25-19(26)16-17(12-2-6-14(22)7-3-12)23-10-1-11-24(23)18(16)20(25)27/h2-9,16-18H,1,10-11H2. The summed E-state index contributed by atoms with van der Waals surface area (Å²) in [6.45, 7) is 1.53. The average molecular weight is 386 g/mol. The summed E-state index contributed by atoms with van der Waals surface area (Å²) in [5.74, 6) is -1.23. The molecule has 0 N–H and O–H groups in total. The lowest BCUT2D eigenvalue weighted by Gasteiger charge is -2.29. The number of hydrogen-bond donors (Lipinski definition) is 0. The fourth-order valence-electron chi connectivity index (χ4n) is 4.62. The zero-order valence-corrected chi connectivity index (χ0v) is 15.1. The number of hydrogen-bond acceptors (Lipinski definition) is 4. The van der Waals surface area contributed by atoms with Crippen molar-refractivity contribution < 1.29 is 14.0 Å². The van der Waals surface area contributed by atoms with Gasteiger partial charge >= 0.3 is 0 Å². The maximum absolute atomic E-state index is 13.4. The van der Waals surface area contributed by atoms with E-state index in [2.05, 4.69) is 5.01 Å².